The number of carboxylic acids is 2. The Balaban J connectivity index is 2.94. The van der Waals surface area contributed by atoms with Crippen LogP contribution in [0.15, 0.2) is 30.3 Å². The third-order valence-electron chi connectivity index (χ3n) is 2.87. The fraction of sp³-hybridized carbons (Fsp3) is 0.438. The van der Waals surface area contributed by atoms with Gasteiger partial charge in [-0.1, -0.05) is 30.3 Å². The summed E-state index contributed by atoms with van der Waals surface area (Å²) in [5.41, 5.74) is 2.12. The zero-order chi connectivity index (χ0) is 18.3. The van der Waals surface area contributed by atoms with E-state index >= 15 is 0 Å². The first kappa shape index (κ1) is 19.4. The SMILES string of the molecule is CC(C)(C)OC(=O)NN(CC(=O)O)[C@@H](Cc1ccccc1)C(=O)O. The molecule has 1 aromatic rings. The van der Waals surface area contributed by atoms with Gasteiger partial charge in [-0.15, -0.1) is 0 Å². The summed E-state index contributed by atoms with van der Waals surface area (Å²) in [5.74, 6) is -2.53. The summed E-state index contributed by atoms with van der Waals surface area (Å²) < 4.78 is 5.05. The third-order valence-corrected chi connectivity index (χ3v) is 2.87. The van der Waals surface area contributed by atoms with E-state index in [-0.39, 0.29) is 6.42 Å². The van der Waals surface area contributed by atoms with Gasteiger partial charge in [0.2, 0.25) is 0 Å². The van der Waals surface area contributed by atoms with Gasteiger partial charge in [-0.2, -0.15) is 5.01 Å². The lowest BCUT2D eigenvalue weighted by molar-refractivity contribution is -0.148. The number of amides is 1. The number of carbonyl (C=O) groups excluding carboxylic acids is 1. The van der Waals surface area contributed by atoms with Gasteiger partial charge in [0, 0.05) is 6.42 Å². The van der Waals surface area contributed by atoms with Crippen molar-refractivity contribution in [2.45, 2.75) is 38.8 Å². The highest BCUT2D eigenvalue weighted by Gasteiger charge is 2.30. The van der Waals surface area contributed by atoms with E-state index in [0.717, 1.165) is 5.01 Å². The Hall–Kier alpha value is -2.61. The van der Waals surface area contributed by atoms with Crippen LogP contribution in [-0.4, -0.2) is 51.4 Å². The summed E-state index contributed by atoms with van der Waals surface area (Å²) in [5, 5.41) is 19.3. The Morgan fingerprint density at radius 1 is 1.17 bits per heavy atom. The van der Waals surface area contributed by atoms with Crippen molar-refractivity contribution in [2.24, 2.45) is 0 Å². The molecule has 0 heterocycles. The first-order valence-electron chi connectivity index (χ1n) is 7.33. The molecule has 0 spiro atoms. The van der Waals surface area contributed by atoms with Gasteiger partial charge >= 0.3 is 18.0 Å². The normalized spacial score (nSPS) is 12.5. The minimum Gasteiger partial charge on any atom is -0.480 e. The van der Waals surface area contributed by atoms with Crippen LogP contribution in [-0.2, 0) is 20.7 Å². The Bertz CT molecular complexity index is 582. The number of hydrazine groups is 1. The lowest BCUT2D eigenvalue weighted by atomic mass is 10.1. The minimum atomic E-state index is -1.27. The molecule has 0 aliphatic carbocycles. The zero-order valence-electron chi connectivity index (χ0n) is 13.9. The maximum absolute atomic E-state index is 11.9. The zero-order valence-corrected chi connectivity index (χ0v) is 13.9. The van der Waals surface area contributed by atoms with E-state index in [2.05, 4.69) is 5.43 Å². The summed E-state index contributed by atoms with van der Waals surface area (Å²) in [7, 11) is 0. The number of hydrogen-bond acceptors (Lipinski definition) is 5. The number of hydrogen-bond donors (Lipinski definition) is 3. The van der Waals surface area contributed by atoms with Crippen molar-refractivity contribution in [2.75, 3.05) is 6.54 Å². The summed E-state index contributed by atoms with van der Waals surface area (Å²) in [6.45, 7) is 4.26. The largest absolute Gasteiger partial charge is 0.480 e. The van der Waals surface area contributed by atoms with Crippen LogP contribution in [0.1, 0.15) is 26.3 Å². The van der Waals surface area contributed by atoms with Crippen LogP contribution in [0, 0.1) is 0 Å². The standard InChI is InChI=1S/C16H22N2O6/c1-16(2,3)24-15(23)17-18(10-13(19)20)12(14(21)22)9-11-7-5-4-6-8-11/h4-8,12H,9-10H2,1-3H3,(H,17,23)(H,19,20)(H,21,22)/t12-/m0/s1. The van der Waals surface area contributed by atoms with Gasteiger partial charge in [-0.25, -0.2) is 4.79 Å². The van der Waals surface area contributed by atoms with Gasteiger partial charge in [-0.05, 0) is 26.3 Å². The van der Waals surface area contributed by atoms with Crippen LogP contribution in [0.25, 0.3) is 0 Å². The summed E-state index contributed by atoms with van der Waals surface area (Å²) in [6.07, 6.45) is -0.887. The maximum atomic E-state index is 11.9. The quantitative estimate of drug-likeness (QED) is 0.645. The maximum Gasteiger partial charge on any atom is 0.422 e. The topological polar surface area (TPSA) is 116 Å². The van der Waals surface area contributed by atoms with Gasteiger partial charge in [0.05, 0.1) is 0 Å². The number of ether oxygens (including phenoxy) is 1. The Morgan fingerprint density at radius 2 is 1.75 bits per heavy atom. The summed E-state index contributed by atoms with van der Waals surface area (Å²) in [6, 6.07) is 7.47. The van der Waals surface area contributed by atoms with E-state index in [1.54, 1.807) is 51.1 Å². The second-order valence-electron chi connectivity index (χ2n) is 6.18. The fourth-order valence-corrected chi connectivity index (χ4v) is 1.96. The number of nitrogens with zero attached hydrogens (tertiary/aromatic N) is 1. The van der Waals surface area contributed by atoms with Crippen molar-refractivity contribution in [3.05, 3.63) is 35.9 Å². The van der Waals surface area contributed by atoms with Crippen LogP contribution in [0.3, 0.4) is 0 Å². The van der Waals surface area contributed by atoms with E-state index in [0.29, 0.717) is 5.56 Å². The molecule has 0 bridgehead atoms. The highest BCUT2D eigenvalue weighted by atomic mass is 16.6. The number of benzene rings is 1. The van der Waals surface area contributed by atoms with E-state index in [4.69, 9.17) is 9.84 Å². The molecule has 0 unspecified atom stereocenters. The van der Waals surface area contributed by atoms with Gasteiger partial charge in [0.1, 0.15) is 18.2 Å². The Kier molecular flexibility index (Phi) is 6.72. The molecule has 1 rings (SSSR count). The van der Waals surface area contributed by atoms with Crippen molar-refractivity contribution in [3.63, 3.8) is 0 Å². The number of nitrogens with one attached hydrogen (secondary N) is 1. The molecule has 0 fully saturated rings. The molecule has 0 aliphatic heterocycles. The first-order chi connectivity index (χ1) is 11.1. The number of aliphatic carboxylic acids is 2. The van der Waals surface area contributed by atoms with Gasteiger partial charge < -0.3 is 14.9 Å². The second-order valence-corrected chi connectivity index (χ2v) is 6.18. The molecule has 8 nitrogen and oxygen atoms in total. The van der Waals surface area contributed by atoms with E-state index in [1.165, 1.54) is 0 Å². The molecule has 0 aliphatic rings. The molecule has 0 saturated heterocycles. The molecule has 132 valence electrons. The summed E-state index contributed by atoms with van der Waals surface area (Å²) >= 11 is 0. The molecule has 0 saturated carbocycles. The van der Waals surface area contributed by atoms with Crippen molar-refractivity contribution in [1.82, 2.24) is 10.4 Å². The third kappa shape index (κ3) is 7.10. The minimum absolute atomic E-state index is 0.0270. The van der Waals surface area contributed by atoms with Crippen molar-refractivity contribution < 1.29 is 29.3 Å². The Labute approximate surface area is 140 Å². The van der Waals surface area contributed by atoms with Crippen molar-refractivity contribution >= 4 is 18.0 Å². The van der Waals surface area contributed by atoms with E-state index in [9.17, 15) is 19.5 Å². The van der Waals surface area contributed by atoms with Crippen molar-refractivity contribution in [1.29, 1.82) is 0 Å². The van der Waals surface area contributed by atoms with Crippen LogP contribution >= 0.6 is 0 Å². The molecular formula is C16H22N2O6. The van der Waals surface area contributed by atoms with E-state index in [1.807, 2.05) is 0 Å². The average Bonchev–Trinajstić information content (AvgIpc) is 2.42. The molecule has 0 radical (unpaired) electrons. The highest BCUT2D eigenvalue weighted by molar-refractivity contribution is 5.77. The fourth-order valence-electron chi connectivity index (χ4n) is 1.96. The molecule has 1 amide bonds. The number of carboxylic acid groups (broad SMARTS) is 2. The van der Waals surface area contributed by atoms with Crippen molar-refractivity contribution in [3.8, 4) is 0 Å². The smallest absolute Gasteiger partial charge is 0.422 e. The second kappa shape index (κ2) is 8.30. The molecule has 1 atom stereocenters. The van der Waals surface area contributed by atoms with Crippen LogP contribution in [0.4, 0.5) is 4.79 Å². The lowest BCUT2D eigenvalue weighted by Gasteiger charge is -2.29. The Morgan fingerprint density at radius 3 is 2.21 bits per heavy atom. The predicted molar refractivity (Wildman–Crippen MR) is 85.3 cm³/mol. The van der Waals surface area contributed by atoms with Gasteiger partial charge in [0.15, 0.2) is 0 Å². The molecule has 8 heteroatoms. The molecular weight excluding hydrogens is 316 g/mol. The van der Waals surface area contributed by atoms with Crippen LogP contribution in [0.2, 0.25) is 0 Å². The highest BCUT2D eigenvalue weighted by Crippen LogP contribution is 2.10. The van der Waals surface area contributed by atoms with E-state index < -0.39 is 36.2 Å². The molecule has 24 heavy (non-hydrogen) atoms. The monoisotopic (exact) mass is 338 g/mol. The lowest BCUT2D eigenvalue weighted by Crippen LogP contribution is -2.55. The van der Waals surface area contributed by atoms with Gasteiger partial charge in [-0.3, -0.25) is 15.0 Å². The number of rotatable bonds is 7. The average molecular weight is 338 g/mol. The number of carbonyl (C=O) groups is 3. The predicted octanol–water partition coefficient (Wildman–Crippen LogP) is 1.51. The summed E-state index contributed by atoms with van der Waals surface area (Å²) in [4.78, 5) is 34.5. The first-order valence-corrected chi connectivity index (χ1v) is 7.33. The molecule has 0 aromatic heterocycles. The molecule has 3 N–H and O–H groups in total. The van der Waals surface area contributed by atoms with Crippen LogP contribution in [0.5, 0.6) is 0 Å². The van der Waals surface area contributed by atoms with Crippen LogP contribution < -0.4 is 5.43 Å². The molecule has 1 aromatic carbocycles. The van der Waals surface area contributed by atoms with Gasteiger partial charge in [0.25, 0.3) is 0 Å².